The summed E-state index contributed by atoms with van der Waals surface area (Å²) in [7, 11) is 1.40. The van der Waals surface area contributed by atoms with Gasteiger partial charge in [0.15, 0.2) is 5.69 Å². The van der Waals surface area contributed by atoms with Crippen LogP contribution in [0.2, 0.25) is 0 Å². The number of alkyl halides is 6. The number of nitrogens with one attached hydrogen (secondary N) is 1. The Labute approximate surface area is 166 Å². The molecule has 0 saturated carbocycles. The number of rotatable bonds is 3. The van der Waals surface area contributed by atoms with Crippen LogP contribution >= 0.6 is 0 Å². The number of likely N-dealkylation sites (tertiary alicyclic amines) is 1. The van der Waals surface area contributed by atoms with E-state index in [0.717, 1.165) is 36.5 Å². The number of likely N-dealkylation sites (N-methyl/N-ethyl adjacent to an activating group) is 1. The molecule has 1 fully saturated rings. The zero-order valence-corrected chi connectivity index (χ0v) is 15.4. The van der Waals surface area contributed by atoms with E-state index in [-0.39, 0.29) is 6.54 Å². The van der Waals surface area contributed by atoms with Gasteiger partial charge in [-0.3, -0.25) is 9.59 Å². The molecule has 3 rings (SSSR count). The van der Waals surface area contributed by atoms with Crippen molar-refractivity contribution in [3.63, 3.8) is 0 Å². The minimum atomic E-state index is -4.83. The highest BCUT2D eigenvalue weighted by Crippen LogP contribution is 2.37. The van der Waals surface area contributed by atoms with E-state index in [1.807, 2.05) is 0 Å². The summed E-state index contributed by atoms with van der Waals surface area (Å²) in [4.78, 5) is 29.6. The van der Waals surface area contributed by atoms with Gasteiger partial charge >= 0.3 is 12.4 Å². The Bertz CT molecular complexity index is 956. The molecule has 0 spiro atoms. The van der Waals surface area contributed by atoms with Gasteiger partial charge in [-0.25, -0.2) is 4.98 Å². The lowest BCUT2D eigenvalue weighted by molar-refractivity contribution is -0.140. The molecule has 5 nitrogen and oxygen atoms in total. The molecule has 1 saturated heterocycles. The molecule has 1 aliphatic rings. The maximum atomic E-state index is 13.1. The van der Waals surface area contributed by atoms with E-state index in [0.29, 0.717) is 5.56 Å². The van der Waals surface area contributed by atoms with Crippen LogP contribution in [0.1, 0.15) is 22.7 Å². The summed E-state index contributed by atoms with van der Waals surface area (Å²) in [5, 5.41) is 2.10. The third-order valence-electron chi connectivity index (χ3n) is 4.80. The van der Waals surface area contributed by atoms with Gasteiger partial charge < -0.3 is 10.2 Å². The molecular formula is C19H15F6N3O2. The summed E-state index contributed by atoms with van der Waals surface area (Å²) in [6, 6.07) is 6.17. The van der Waals surface area contributed by atoms with Crippen LogP contribution in [0.5, 0.6) is 0 Å². The Morgan fingerprint density at radius 3 is 2.27 bits per heavy atom. The van der Waals surface area contributed by atoms with Crippen molar-refractivity contribution < 1.29 is 35.9 Å². The van der Waals surface area contributed by atoms with E-state index in [1.54, 1.807) is 0 Å². The zero-order valence-electron chi connectivity index (χ0n) is 15.4. The van der Waals surface area contributed by atoms with Gasteiger partial charge in [0.25, 0.3) is 0 Å². The van der Waals surface area contributed by atoms with Crippen LogP contribution < -0.4 is 5.32 Å². The summed E-state index contributed by atoms with van der Waals surface area (Å²) in [6.07, 6.45) is -8.46. The molecule has 2 aromatic rings. The largest absolute Gasteiger partial charge is 0.435 e. The molecule has 2 amide bonds. The number of hydrogen-bond acceptors (Lipinski definition) is 3. The summed E-state index contributed by atoms with van der Waals surface area (Å²) in [5.74, 6) is -3.86. The van der Waals surface area contributed by atoms with Crippen LogP contribution in [0.15, 0.2) is 42.6 Å². The normalized spacial score (nSPS) is 19.8. The first-order valence-corrected chi connectivity index (χ1v) is 8.65. The minimum absolute atomic E-state index is 0.0292. The summed E-state index contributed by atoms with van der Waals surface area (Å²) in [6.45, 7) is 0.0292. The molecule has 30 heavy (non-hydrogen) atoms. The molecule has 1 aromatic carbocycles. The Morgan fingerprint density at radius 2 is 1.70 bits per heavy atom. The fourth-order valence-electron chi connectivity index (χ4n) is 3.35. The lowest BCUT2D eigenvalue weighted by atomic mass is 9.87. The number of aromatic nitrogens is 1. The molecule has 1 aliphatic heterocycles. The van der Waals surface area contributed by atoms with Gasteiger partial charge in [-0.15, -0.1) is 0 Å². The van der Waals surface area contributed by atoms with Crippen molar-refractivity contribution in [1.29, 1.82) is 0 Å². The van der Waals surface area contributed by atoms with Gasteiger partial charge in [0, 0.05) is 25.7 Å². The van der Waals surface area contributed by atoms with Crippen molar-refractivity contribution in [2.24, 2.45) is 5.92 Å². The lowest BCUT2D eigenvalue weighted by Crippen LogP contribution is -2.33. The maximum absolute atomic E-state index is 13.1. The highest BCUT2D eigenvalue weighted by atomic mass is 19.4. The maximum Gasteiger partial charge on any atom is 0.435 e. The average molecular weight is 431 g/mol. The van der Waals surface area contributed by atoms with Gasteiger partial charge in [-0.05, 0) is 29.8 Å². The van der Waals surface area contributed by atoms with Gasteiger partial charge in [0.1, 0.15) is 5.92 Å². The van der Waals surface area contributed by atoms with Gasteiger partial charge in [-0.1, -0.05) is 12.1 Å². The molecule has 2 heterocycles. The third kappa shape index (κ3) is 4.24. The molecule has 0 unspecified atom stereocenters. The predicted octanol–water partition coefficient (Wildman–Crippen LogP) is 3.93. The van der Waals surface area contributed by atoms with Crippen molar-refractivity contribution in [3.8, 4) is 0 Å². The van der Waals surface area contributed by atoms with Crippen LogP contribution in [0.25, 0.3) is 0 Å². The Kier molecular flexibility index (Phi) is 5.48. The SMILES string of the molecule is CN1C[C@H](c2ccc(C(F)(F)F)cc2)[C@@H](C(=O)Nc2cccnc2C(F)(F)F)C1=O. The number of pyridine rings is 1. The number of benzene rings is 1. The van der Waals surface area contributed by atoms with Crippen LogP contribution in [0, 0.1) is 5.92 Å². The lowest BCUT2D eigenvalue weighted by Gasteiger charge is -2.19. The van der Waals surface area contributed by atoms with Crippen LogP contribution in [-0.4, -0.2) is 35.3 Å². The standard InChI is InChI=1S/C19H15F6N3O2/c1-28-9-12(10-4-6-11(7-5-10)18(20,21)22)14(17(28)30)16(29)27-13-3-2-8-26-15(13)19(23,24)25/h2-8,12,14H,9H2,1H3,(H,27,29)/t12-,14+/m1/s1. The van der Waals surface area contributed by atoms with Crippen molar-refractivity contribution in [1.82, 2.24) is 9.88 Å². The number of halogens is 6. The fraction of sp³-hybridized carbons (Fsp3) is 0.316. The Morgan fingerprint density at radius 1 is 1.07 bits per heavy atom. The smallest absolute Gasteiger partial charge is 0.344 e. The first-order valence-electron chi connectivity index (χ1n) is 8.65. The summed E-state index contributed by atoms with van der Waals surface area (Å²) >= 11 is 0. The number of nitrogens with zero attached hydrogens (tertiary/aromatic N) is 2. The van der Waals surface area contributed by atoms with Crippen LogP contribution in [-0.2, 0) is 21.9 Å². The second kappa shape index (κ2) is 7.62. The molecule has 1 aromatic heterocycles. The van der Waals surface area contributed by atoms with Crippen LogP contribution in [0.3, 0.4) is 0 Å². The monoisotopic (exact) mass is 431 g/mol. The van der Waals surface area contributed by atoms with E-state index >= 15 is 0 Å². The molecule has 2 atom stereocenters. The first kappa shape index (κ1) is 21.6. The number of carbonyl (C=O) groups excluding carboxylic acids is 2. The van der Waals surface area contributed by atoms with E-state index in [2.05, 4.69) is 10.3 Å². The van der Waals surface area contributed by atoms with Crippen molar-refractivity contribution in [3.05, 3.63) is 59.4 Å². The zero-order chi connectivity index (χ0) is 22.3. The second-order valence-electron chi connectivity index (χ2n) is 6.81. The third-order valence-corrected chi connectivity index (χ3v) is 4.80. The van der Waals surface area contributed by atoms with Gasteiger partial charge in [0.05, 0.1) is 11.3 Å². The molecule has 160 valence electrons. The van der Waals surface area contributed by atoms with Crippen molar-refractivity contribution >= 4 is 17.5 Å². The number of amides is 2. The van der Waals surface area contributed by atoms with E-state index in [9.17, 15) is 35.9 Å². The highest BCUT2D eigenvalue weighted by Gasteiger charge is 2.45. The molecule has 0 aliphatic carbocycles. The number of hydrogen-bond donors (Lipinski definition) is 1. The van der Waals surface area contributed by atoms with Crippen molar-refractivity contribution in [2.75, 3.05) is 18.9 Å². The molecule has 11 heteroatoms. The molecule has 1 N–H and O–H groups in total. The van der Waals surface area contributed by atoms with Crippen molar-refractivity contribution in [2.45, 2.75) is 18.3 Å². The van der Waals surface area contributed by atoms with E-state index in [4.69, 9.17) is 0 Å². The van der Waals surface area contributed by atoms with Gasteiger partial charge in [0.2, 0.25) is 11.8 Å². The Hall–Kier alpha value is -3.11. The number of anilines is 1. The summed E-state index contributed by atoms with van der Waals surface area (Å²) < 4.78 is 77.7. The first-order chi connectivity index (χ1) is 13.9. The van der Waals surface area contributed by atoms with Gasteiger partial charge in [-0.2, -0.15) is 26.3 Å². The van der Waals surface area contributed by atoms with Crippen LogP contribution in [0.4, 0.5) is 32.0 Å². The van der Waals surface area contributed by atoms with E-state index in [1.165, 1.54) is 18.0 Å². The average Bonchev–Trinajstić information content (AvgIpc) is 2.95. The second-order valence-corrected chi connectivity index (χ2v) is 6.81. The predicted molar refractivity (Wildman–Crippen MR) is 93.2 cm³/mol. The highest BCUT2D eigenvalue weighted by molar-refractivity contribution is 6.08. The number of carbonyl (C=O) groups is 2. The minimum Gasteiger partial charge on any atom is -0.344 e. The molecule has 0 radical (unpaired) electrons. The molecule has 0 bridgehead atoms. The fourth-order valence-corrected chi connectivity index (χ4v) is 3.35. The molecular weight excluding hydrogens is 416 g/mol. The Balaban J connectivity index is 1.90. The summed E-state index contributed by atoms with van der Waals surface area (Å²) in [5.41, 5.74) is -2.52. The quantitative estimate of drug-likeness (QED) is 0.592. The van der Waals surface area contributed by atoms with E-state index < -0.39 is 52.9 Å². The topological polar surface area (TPSA) is 62.3 Å².